The smallest absolute Gasteiger partial charge is 0.337 e. The molecule has 6 nitrogen and oxygen atoms in total. The topological polar surface area (TPSA) is 77.9 Å². The molecule has 0 saturated heterocycles. The van der Waals surface area contributed by atoms with Crippen LogP contribution in [0.3, 0.4) is 0 Å². The van der Waals surface area contributed by atoms with Gasteiger partial charge in [-0.25, -0.2) is 4.79 Å². The van der Waals surface area contributed by atoms with E-state index in [0.717, 1.165) is 11.3 Å². The number of aromatic carboxylic acids is 1. The Morgan fingerprint density at radius 1 is 1.10 bits per heavy atom. The monoisotopic (exact) mass is 438 g/mol. The summed E-state index contributed by atoms with van der Waals surface area (Å²) in [6, 6.07) is 12.4. The highest BCUT2D eigenvalue weighted by atomic mass is 35.5. The molecular formula is C24H23ClN2O4. The molecule has 1 N–H and O–H groups in total. The van der Waals surface area contributed by atoms with Gasteiger partial charge in [-0.3, -0.25) is 14.5 Å². The first-order chi connectivity index (χ1) is 14.8. The fraction of sp³-hybridized carbons (Fsp3) is 0.292. The lowest BCUT2D eigenvalue weighted by Gasteiger charge is -2.38. The van der Waals surface area contributed by atoms with Crippen LogP contribution in [-0.4, -0.2) is 36.9 Å². The van der Waals surface area contributed by atoms with Crippen molar-refractivity contribution in [1.82, 2.24) is 0 Å². The lowest BCUT2D eigenvalue weighted by Crippen LogP contribution is -2.40. The van der Waals surface area contributed by atoms with Crippen LogP contribution in [0.1, 0.15) is 47.5 Å². The average Bonchev–Trinajstić information content (AvgIpc) is 2.74. The van der Waals surface area contributed by atoms with E-state index in [9.17, 15) is 19.5 Å². The van der Waals surface area contributed by atoms with Crippen LogP contribution in [0.2, 0.25) is 5.02 Å². The Hall–Kier alpha value is -3.12. The second-order valence-corrected chi connectivity index (χ2v) is 8.49. The molecule has 0 aromatic heterocycles. The Bertz CT molecular complexity index is 1110. The van der Waals surface area contributed by atoms with Gasteiger partial charge in [-0.1, -0.05) is 23.7 Å². The molecule has 2 aromatic rings. The molecule has 0 spiro atoms. The summed E-state index contributed by atoms with van der Waals surface area (Å²) in [7, 11) is 3.92. The van der Waals surface area contributed by atoms with E-state index in [1.165, 1.54) is 17.0 Å². The number of anilines is 2. The Kier molecular flexibility index (Phi) is 5.58. The second-order valence-electron chi connectivity index (χ2n) is 8.08. The molecule has 1 aliphatic heterocycles. The second kappa shape index (κ2) is 8.19. The Balaban J connectivity index is 1.82. The number of ketones is 1. The van der Waals surface area contributed by atoms with Crippen LogP contribution < -0.4 is 9.80 Å². The number of hydrogen-bond donors (Lipinski definition) is 1. The minimum Gasteiger partial charge on any atom is -0.478 e. The molecule has 7 heteroatoms. The molecule has 160 valence electrons. The average molecular weight is 439 g/mol. The number of Topliss-reactive ketones (excluding diaryl/α,β-unsaturated/α-hetero) is 1. The van der Waals surface area contributed by atoms with E-state index < -0.39 is 5.97 Å². The van der Waals surface area contributed by atoms with Gasteiger partial charge in [0.25, 0.3) is 0 Å². The van der Waals surface area contributed by atoms with Crippen molar-refractivity contribution in [2.24, 2.45) is 0 Å². The quantitative estimate of drug-likeness (QED) is 0.752. The number of rotatable bonds is 4. The summed E-state index contributed by atoms with van der Waals surface area (Å²) in [5.41, 5.74) is 3.67. The van der Waals surface area contributed by atoms with Gasteiger partial charge in [0, 0.05) is 55.5 Å². The number of nitrogens with zero attached hydrogens (tertiary/aromatic N) is 2. The van der Waals surface area contributed by atoms with Gasteiger partial charge >= 0.3 is 5.97 Å². The molecule has 1 aliphatic carbocycles. The highest BCUT2D eigenvalue weighted by Crippen LogP contribution is 2.44. The lowest BCUT2D eigenvalue weighted by molar-refractivity contribution is -0.119. The van der Waals surface area contributed by atoms with Crippen LogP contribution >= 0.6 is 11.6 Å². The number of carbonyl (C=O) groups excluding carboxylic acids is 2. The van der Waals surface area contributed by atoms with E-state index in [1.54, 1.807) is 6.07 Å². The summed E-state index contributed by atoms with van der Waals surface area (Å²) in [4.78, 5) is 41.3. The first kappa shape index (κ1) is 21.1. The van der Waals surface area contributed by atoms with Gasteiger partial charge < -0.3 is 10.0 Å². The number of benzene rings is 2. The van der Waals surface area contributed by atoms with Crippen molar-refractivity contribution < 1.29 is 19.5 Å². The summed E-state index contributed by atoms with van der Waals surface area (Å²) in [6.45, 7) is 0. The molecule has 2 aromatic carbocycles. The molecule has 1 unspecified atom stereocenters. The maximum Gasteiger partial charge on any atom is 0.337 e. The number of allylic oxidation sites excluding steroid dienone is 2. The normalized spacial score (nSPS) is 18.8. The summed E-state index contributed by atoms with van der Waals surface area (Å²) in [6.07, 6.45) is 1.85. The Labute approximate surface area is 185 Å². The van der Waals surface area contributed by atoms with Crippen molar-refractivity contribution in [3.63, 3.8) is 0 Å². The van der Waals surface area contributed by atoms with Crippen LogP contribution in [0.15, 0.2) is 53.7 Å². The van der Waals surface area contributed by atoms with Gasteiger partial charge in [0.2, 0.25) is 5.91 Å². The minimum atomic E-state index is -1.16. The molecule has 0 bridgehead atoms. The number of amides is 1. The van der Waals surface area contributed by atoms with Crippen LogP contribution in [0.4, 0.5) is 11.4 Å². The van der Waals surface area contributed by atoms with Crippen molar-refractivity contribution in [2.75, 3.05) is 23.9 Å². The van der Waals surface area contributed by atoms with Gasteiger partial charge in [-0.15, -0.1) is 0 Å². The van der Waals surface area contributed by atoms with E-state index in [-0.39, 0.29) is 34.6 Å². The van der Waals surface area contributed by atoms with Gasteiger partial charge in [0.05, 0.1) is 10.6 Å². The van der Waals surface area contributed by atoms with E-state index in [0.29, 0.717) is 36.2 Å². The van der Waals surface area contributed by atoms with E-state index >= 15 is 0 Å². The lowest BCUT2D eigenvalue weighted by atomic mass is 9.77. The Morgan fingerprint density at radius 3 is 2.45 bits per heavy atom. The molecule has 0 saturated carbocycles. The predicted octanol–water partition coefficient (Wildman–Crippen LogP) is 4.63. The van der Waals surface area contributed by atoms with Gasteiger partial charge in [0.1, 0.15) is 0 Å². The summed E-state index contributed by atoms with van der Waals surface area (Å²) < 4.78 is 0. The maximum atomic E-state index is 13.3. The third kappa shape index (κ3) is 3.83. The predicted molar refractivity (Wildman–Crippen MR) is 120 cm³/mol. The summed E-state index contributed by atoms with van der Waals surface area (Å²) >= 11 is 6.01. The Morgan fingerprint density at radius 2 is 1.81 bits per heavy atom. The van der Waals surface area contributed by atoms with Crippen LogP contribution in [0.5, 0.6) is 0 Å². The number of carbonyl (C=O) groups is 3. The van der Waals surface area contributed by atoms with Gasteiger partial charge in [-0.2, -0.15) is 0 Å². The minimum absolute atomic E-state index is 0.0489. The highest BCUT2D eigenvalue weighted by molar-refractivity contribution is 6.33. The first-order valence-electron chi connectivity index (χ1n) is 10.2. The molecule has 1 atom stereocenters. The zero-order chi connectivity index (χ0) is 22.3. The SMILES string of the molecule is CN(C)c1ccc(C2CC(=O)N(c3ccc(Cl)c(C(=O)O)c3)C3=C2C(=O)CCC3)cc1. The zero-order valence-electron chi connectivity index (χ0n) is 17.4. The molecule has 1 heterocycles. The van der Waals surface area contributed by atoms with E-state index in [1.807, 2.05) is 43.3 Å². The molecule has 1 amide bonds. The maximum absolute atomic E-state index is 13.3. The van der Waals surface area contributed by atoms with E-state index in [2.05, 4.69) is 0 Å². The van der Waals surface area contributed by atoms with Crippen LogP contribution in [0, 0.1) is 0 Å². The molecule has 0 radical (unpaired) electrons. The van der Waals surface area contributed by atoms with Crippen molar-refractivity contribution >= 4 is 40.6 Å². The van der Waals surface area contributed by atoms with Crippen LogP contribution in [0.25, 0.3) is 0 Å². The molecule has 0 fully saturated rings. The number of hydrogen-bond acceptors (Lipinski definition) is 4. The zero-order valence-corrected chi connectivity index (χ0v) is 18.1. The van der Waals surface area contributed by atoms with Crippen molar-refractivity contribution in [3.05, 3.63) is 69.9 Å². The number of halogens is 1. The third-order valence-corrected chi connectivity index (χ3v) is 6.26. The van der Waals surface area contributed by atoms with Crippen molar-refractivity contribution in [2.45, 2.75) is 31.6 Å². The third-order valence-electron chi connectivity index (χ3n) is 5.93. The number of carboxylic acids is 1. The van der Waals surface area contributed by atoms with Crippen LogP contribution in [-0.2, 0) is 9.59 Å². The van der Waals surface area contributed by atoms with Crippen molar-refractivity contribution in [1.29, 1.82) is 0 Å². The fourth-order valence-electron chi connectivity index (χ4n) is 4.40. The standard InChI is InChI=1S/C24H23ClN2O4/c1-26(2)15-8-6-14(7-9-15)17-13-22(29)27(20-4-3-5-21(28)23(17)20)16-10-11-19(25)18(12-16)24(30)31/h6-12,17H,3-5,13H2,1-2H3,(H,30,31). The summed E-state index contributed by atoms with van der Waals surface area (Å²) in [5, 5.41) is 9.53. The summed E-state index contributed by atoms with van der Waals surface area (Å²) in [5.74, 6) is -1.57. The molecular weight excluding hydrogens is 416 g/mol. The molecule has 31 heavy (non-hydrogen) atoms. The van der Waals surface area contributed by atoms with Gasteiger partial charge in [-0.05, 0) is 48.7 Å². The fourth-order valence-corrected chi connectivity index (χ4v) is 4.60. The largest absolute Gasteiger partial charge is 0.478 e. The number of carboxylic acid groups (broad SMARTS) is 1. The van der Waals surface area contributed by atoms with Gasteiger partial charge in [0.15, 0.2) is 5.78 Å². The molecule has 2 aliphatic rings. The highest BCUT2D eigenvalue weighted by Gasteiger charge is 2.39. The molecule has 4 rings (SSSR count). The first-order valence-corrected chi connectivity index (χ1v) is 10.5. The van der Waals surface area contributed by atoms with Crippen molar-refractivity contribution in [3.8, 4) is 0 Å². The van der Waals surface area contributed by atoms with E-state index in [4.69, 9.17) is 11.6 Å².